The molecule has 1 aromatic carbocycles. The first-order chi connectivity index (χ1) is 10.1. The highest BCUT2D eigenvalue weighted by Crippen LogP contribution is 2.35. The van der Waals surface area contributed by atoms with Crippen molar-refractivity contribution in [2.75, 3.05) is 12.4 Å². The summed E-state index contributed by atoms with van der Waals surface area (Å²) in [5.41, 5.74) is 0.661. The van der Waals surface area contributed by atoms with E-state index in [-0.39, 0.29) is 11.9 Å². The first-order valence-electron chi connectivity index (χ1n) is 7.64. The quantitative estimate of drug-likeness (QED) is 0.818. The minimum Gasteiger partial charge on any atom is -0.466 e. The first-order valence-corrected chi connectivity index (χ1v) is 8.79. The molecule has 0 saturated heterocycles. The molecule has 0 unspecified atom stereocenters. The summed E-state index contributed by atoms with van der Waals surface area (Å²) in [6.45, 7) is 2.27. The third-order valence-electron chi connectivity index (χ3n) is 4.02. The summed E-state index contributed by atoms with van der Waals surface area (Å²) in [4.78, 5) is 11.7. The summed E-state index contributed by atoms with van der Waals surface area (Å²) in [6.07, 6.45) is 2.86. The molecule has 1 aromatic rings. The number of aliphatic hydroxyl groups is 1. The monoisotopic (exact) mass is 308 g/mol. The van der Waals surface area contributed by atoms with Gasteiger partial charge in [0.05, 0.1) is 18.1 Å². The lowest BCUT2D eigenvalue weighted by molar-refractivity contribution is -0.150. The Hall–Kier alpha value is -1.00. The van der Waals surface area contributed by atoms with Gasteiger partial charge < -0.3 is 9.84 Å². The lowest BCUT2D eigenvalue weighted by Crippen LogP contribution is -2.38. The fourth-order valence-corrected chi connectivity index (χ4v) is 3.93. The molecule has 0 amide bonds. The van der Waals surface area contributed by atoms with Crippen LogP contribution in [0.1, 0.15) is 38.2 Å². The number of esters is 1. The SMILES string of the molecule is CCOC(=O)C1CCC(O)(CSCc2ccccc2)CC1. The number of hydrogen-bond acceptors (Lipinski definition) is 4. The van der Waals surface area contributed by atoms with E-state index in [0.29, 0.717) is 19.4 Å². The van der Waals surface area contributed by atoms with E-state index in [4.69, 9.17) is 4.74 Å². The van der Waals surface area contributed by atoms with E-state index >= 15 is 0 Å². The van der Waals surface area contributed by atoms with Gasteiger partial charge in [-0.3, -0.25) is 4.79 Å². The lowest BCUT2D eigenvalue weighted by Gasteiger charge is -2.34. The van der Waals surface area contributed by atoms with Gasteiger partial charge >= 0.3 is 5.97 Å². The number of ether oxygens (including phenoxy) is 1. The van der Waals surface area contributed by atoms with Crippen LogP contribution in [0.15, 0.2) is 30.3 Å². The topological polar surface area (TPSA) is 46.5 Å². The van der Waals surface area contributed by atoms with Crippen molar-refractivity contribution in [1.82, 2.24) is 0 Å². The summed E-state index contributed by atoms with van der Waals surface area (Å²) in [5.74, 6) is 1.53. The highest BCUT2D eigenvalue weighted by molar-refractivity contribution is 7.98. The van der Waals surface area contributed by atoms with Crippen LogP contribution in [0, 0.1) is 5.92 Å². The Morgan fingerprint density at radius 2 is 2.00 bits per heavy atom. The molecular weight excluding hydrogens is 284 g/mol. The van der Waals surface area contributed by atoms with Gasteiger partial charge in [0.2, 0.25) is 0 Å². The average molecular weight is 308 g/mol. The molecule has 1 N–H and O–H groups in total. The highest BCUT2D eigenvalue weighted by Gasteiger charge is 2.36. The molecule has 116 valence electrons. The van der Waals surface area contributed by atoms with Gasteiger partial charge in [0.15, 0.2) is 0 Å². The zero-order valence-electron chi connectivity index (χ0n) is 12.6. The van der Waals surface area contributed by atoms with Crippen molar-refractivity contribution in [2.45, 2.75) is 44.0 Å². The van der Waals surface area contributed by atoms with Crippen LogP contribution in [0.2, 0.25) is 0 Å². The summed E-state index contributed by atoms with van der Waals surface area (Å²) >= 11 is 1.77. The van der Waals surface area contributed by atoms with E-state index in [9.17, 15) is 9.90 Å². The summed E-state index contributed by atoms with van der Waals surface area (Å²) in [5, 5.41) is 10.6. The average Bonchev–Trinajstić information content (AvgIpc) is 2.49. The maximum absolute atomic E-state index is 11.7. The molecule has 4 heteroatoms. The number of rotatable bonds is 6. The van der Waals surface area contributed by atoms with E-state index < -0.39 is 5.60 Å². The Morgan fingerprint density at radius 1 is 1.33 bits per heavy atom. The van der Waals surface area contributed by atoms with Crippen LogP contribution in [0.3, 0.4) is 0 Å². The Balaban J connectivity index is 1.73. The second kappa shape index (κ2) is 7.85. The minimum atomic E-state index is -0.623. The van der Waals surface area contributed by atoms with E-state index in [1.54, 1.807) is 11.8 Å². The molecule has 0 heterocycles. The molecule has 1 aliphatic rings. The number of benzene rings is 1. The fraction of sp³-hybridized carbons (Fsp3) is 0.588. The molecule has 0 atom stereocenters. The summed E-state index contributed by atoms with van der Waals surface area (Å²) in [6, 6.07) is 10.3. The number of carbonyl (C=O) groups excluding carboxylic acids is 1. The molecule has 0 bridgehead atoms. The van der Waals surface area contributed by atoms with Crippen molar-refractivity contribution >= 4 is 17.7 Å². The molecule has 1 aliphatic carbocycles. The Morgan fingerprint density at radius 3 is 2.62 bits per heavy atom. The normalized spacial score (nSPS) is 25.5. The van der Waals surface area contributed by atoms with Gasteiger partial charge in [0.25, 0.3) is 0 Å². The van der Waals surface area contributed by atoms with Crippen LogP contribution in [0.5, 0.6) is 0 Å². The number of thioether (sulfide) groups is 1. The van der Waals surface area contributed by atoms with Crippen LogP contribution in [-0.2, 0) is 15.3 Å². The van der Waals surface area contributed by atoms with Crippen molar-refractivity contribution in [3.05, 3.63) is 35.9 Å². The molecule has 0 spiro atoms. The predicted octanol–water partition coefficient (Wildman–Crippen LogP) is 3.40. The summed E-state index contributed by atoms with van der Waals surface area (Å²) < 4.78 is 5.06. The highest BCUT2D eigenvalue weighted by atomic mass is 32.2. The second-order valence-corrected chi connectivity index (χ2v) is 6.71. The zero-order chi connectivity index (χ0) is 15.1. The largest absolute Gasteiger partial charge is 0.466 e. The van der Waals surface area contributed by atoms with Crippen LogP contribution in [-0.4, -0.2) is 29.0 Å². The standard InChI is InChI=1S/C17H24O3S/c1-2-20-16(18)15-8-10-17(19,11-9-15)13-21-12-14-6-4-3-5-7-14/h3-7,15,19H,2,8-13H2,1H3. The molecule has 0 aromatic heterocycles. The van der Waals surface area contributed by atoms with E-state index in [1.165, 1.54) is 5.56 Å². The van der Waals surface area contributed by atoms with E-state index in [0.717, 1.165) is 24.3 Å². The van der Waals surface area contributed by atoms with Crippen molar-refractivity contribution < 1.29 is 14.6 Å². The Bertz CT molecular complexity index is 439. The molecule has 0 radical (unpaired) electrons. The van der Waals surface area contributed by atoms with Gasteiger partial charge in [-0.2, -0.15) is 11.8 Å². The van der Waals surface area contributed by atoms with Gasteiger partial charge in [0, 0.05) is 11.5 Å². The van der Waals surface area contributed by atoms with E-state index in [2.05, 4.69) is 12.1 Å². The third-order valence-corrected chi connectivity index (χ3v) is 5.30. The molecule has 1 saturated carbocycles. The zero-order valence-corrected chi connectivity index (χ0v) is 13.4. The van der Waals surface area contributed by atoms with Crippen molar-refractivity contribution in [3.63, 3.8) is 0 Å². The van der Waals surface area contributed by atoms with Crippen molar-refractivity contribution in [2.24, 2.45) is 5.92 Å². The molecular formula is C17H24O3S. The van der Waals surface area contributed by atoms with E-state index in [1.807, 2.05) is 25.1 Å². The predicted molar refractivity (Wildman–Crippen MR) is 86.1 cm³/mol. The lowest BCUT2D eigenvalue weighted by atomic mass is 9.80. The maximum atomic E-state index is 11.7. The molecule has 21 heavy (non-hydrogen) atoms. The van der Waals surface area contributed by atoms with Gasteiger partial charge in [-0.25, -0.2) is 0 Å². The third kappa shape index (κ3) is 5.04. The van der Waals surface area contributed by atoms with Gasteiger partial charge in [-0.1, -0.05) is 30.3 Å². The maximum Gasteiger partial charge on any atom is 0.308 e. The summed E-state index contributed by atoms with van der Waals surface area (Å²) in [7, 11) is 0. The van der Waals surface area contributed by atoms with Crippen molar-refractivity contribution in [1.29, 1.82) is 0 Å². The Kier molecular flexibility index (Phi) is 6.12. The fourth-order valence-electron chi connectivity index (χ4n) is 2.73. The van der Waals surface area contributed by atoms with Crippen LogP contribution >= 0.6 is 11.8 Å². The Labute approximate surface area is 131 Å². The van der Waals surface area contributed by atoms with Gasteiger partial charge in [0.1, 0.15) is 0 Å². The molecule has 2 rings (SSSR count). The van der Waals surface area contributed by atoms with Crippen molar-refractivity contribution in [3.8, 4) is 0 Å². The smallest absolute Gasteiger partial charge is 0.308 e. The first kappa shape index (κ1) is 16.4. The van der Waals surface area contributed by atoms with Gasteiger partial charge in [-0.15, -0.1) is 0 Å². The minimum absolute atomic E-state index is 0.0238. The van der Waals surface area contributed by atoms with Crippen LogP contribution in [0.4, 0.5) is 0 Å². The molecule has 1 fully saturated rings. The molecule has 0 aliphatic heterocycles. The number of hydrogen-bond donors (Lipinski definition) is 1. The van der Waals surface area contributed by atoms with Crippen LogP contribution < -0.4 is 0 Å². The van der Waals surface area contributed by atoms with Crippen LogP contribution in [0.25, 0.3) is 0 Å². The number of carbonyl (C=O) groups is 1. The van der Waals surface area contributed by atoms with Gasteiger partial charge in [-0.05, 0) is 38.2 Å². The second-order valence-electron chi connectivity index (χ2n) is 5.73. The molecule has 3 nitrogen and oxygen atoms in total.